The molecule has 114 valence electrons. The van der Waals surface area contributed by atoms with E-state index in [9.17, 15) is 9.18 Å². The van der Waals surface area contributed by atoms with Gasteiger partial charge in [-0.25, -0.2) is 9.18 Å². The molecular weight excluding hydrogens is 279 g/mol. The van der Waals surface area contributed by atoms with Crippen LogP contribution in [0, 0.1) is 5.82 Å². The van der Waals surface area contributed by atoms with E-state index in [1.165, 1.54) is 17.7 Å². The first-order valence-corrected chi connectivity index (χ1v) is 7.24. The monoisotopic (exact) mass is 298 g/mol. The molecule has 0 bridgehead atoms. The average molecular weight is 298 g/mol. The number of carbonyl (C=O) groups is 1. The second-order valence-corrected chi connectivity index (χ2v) is 4.87. The maximum atomic E-state index is 12.7. The van der Waals surface area contributed by atoms with E-state index in [0.29, 0.717) is 6.54 Å². The fourth-order valence-corrected chi connectivity index (χ4v) is 1.98. The predicted molar refractivity (Wildman–Crippen MR) is 86.7 cm³/mol. The first-order chi connectivity index (χ1) is 10.7. The van der Waals surface area contributed by atoms with Crippen LogP contribution in [0.1, 0.15) is 17.5 Å². The third-order valence-electron chi connectivity index (χ3n) is 3.13. The Morgan fingerprint density at radius 1 is 1.05 bits per heavy atom. The molecule has 0 aliphatic heterocycles. The van der Waals surface area contributed by atoms with Gasteiger partial charge in [0.05, 0.1) is 0 Å². The van der Waals surface area contributed by atoms with Gasteiger partial charge in [-0.3, -0.25) is 0 Å². The molecule has 3 nitrogen and oxygen atoms in total. The van der Waals surface area contributed by atoms with Crippen molar-refractivity contribution in [2.75, 3.05) is 6.54 Å². The fourth-order valence-electron chi connectivity index (χ4n) is 1.98. The lowest BCUT2D eigenvalue weighted by molar-refractivity contribution is 0.244. The largest absolute Gasteiger partial charge is 0.338 e. The summed E-state index contributed by atoms with van der Waals surface area (Å²) in [4.78, 5) is 11.6. The number of hydrogen-bond acceptors (Lipinski definition) is 1. The van der Waals surface area contributed by atoms with Gasteiger partial charge in [-0.1, -0.05) is 42.5 Å². The molecular formula is C18H19FN2O. The minimum Gasteiger partial charge on any atom is -0.338 e. The molecule has 0 aliphatic rings. The number of benzene rings is 2. The van der Waals surface area contributed by atoms with Crippen molar-refractivity contribution >= 4 is 12.1 Å². The molecule has 0 saturated heterocycles. The van der Waals surface area contributed by atoms with Crippen LogP contribution < -0.4 is 10.6 Å². The third kappa shape index (κ3) is 5.79. The molecule has 0 radical (unpaired) electrons. The molecule has 0 aliphatic carbocycles. The summed E-state index contributed by atoms with van der Waals surface area (Å²) in [5.41, 5.74) is 2.09. The van der Waals surface area contributed by atoms with Crippen LogP contribution in [0.2, 0.25) is 0 Å². The fraction of sp³-hybridized carbons (Fsp3) is 0.167. The molecule has 0 unspecified atom stereocenters. The smallest absolute Gasteiger partial charge is 0.318 e. The van der Waals surface area contributed by atoms with Crippen molar-refractivity contribution in [3.05, 3.63) is 77.7 Å². The number of rotatable bonds is 6. The Hall–Kier alpha value is -2.62. The lowest BCUT2D eigenvalue weighted by atomic mass is 10.1. The number of nitrogens with one attached hydrogen (secondary N) is 2. The molecule has 0 heterocycles. The lowest BCUT2D eigenvalue weighted by Gasteiger charge is -2.04. The zero-order chi connectivity index (χ0) is 15.6. The molecule has 2 aromatic carbocycles. The van der Waals surface area contributed by atoms with Gasteiger partial charge < -0.3 is 10.6 Å². The van der Waals surface area contributed by atoms with E-state index in [2.05, 4.69) is 22.8 Å². The van der Waals surface area contributed by atoms with Crippen molar-refractivity contribution in [2.24, 2.45) is 0 Å². The lowest BCUT2D eigenvalue weighted by Crippen LogP contribution is -2.32. The summed E-state index contributed by atoms with van der Waals surface area (Å²) < 4.78 is 12.7. The minimum atomic E-state index is -0.277. The molecule has 2 aromatic rings. The molecule has 0 fully saturated rings. The van der Waals surface area contributed by atoms with E-state index in [1.54, 1.807) is 24.4 Å². The van der Waals surface area contributed by atoms with Crippen LogP contribution >= 0.6 is 0 Å². The van der Waals surface area contributed by atoms with Gasteiger partial charge in [-0.2, -0.15) is 0 Å². The van der Waals surface area contributed by atoms with Crippen molar-refractivity contribution in [3.8, 4) is 0 Å². The van der Waals surface area contributed by atoms with Crippen molar-refractivity contribution in [1.82, 2.24) is 10.6 Å². The SMILES string of the molecule is O=C(N/C=C/c1ccc(F)cc1)NCCCc1ccccc1. The molecule has 22 heavy (non-hydrogen) atoms. The number of urea groups is 1. The molecule has 2 N–H and O–H groups in total. The predicted octanol–water partition coefficient (Wildman–Crippen LogP) is 3.73. The summed E-state index contributed by atoms with van der Waals surface area (Å²) in [6, 6.07) is 16.0. The molecule has 0 spiro atoms. The van der Waals surface area contributed by atoms with Crippen LogP contribution in [0.3, 0.4) is 0 Å². The Kier molecular flexibility index (Phi) is 6.18. The topological polar surface area (TPSA) is 41.1 Å². The zero-order valence-electron chi connectivity index (χ0n) is 12.3. The number of halogens is 1. The second-order valence-electron chi connectivity index (χ2n) is 4.87. The van der Waals surface area contributed by atoms with Gasteiger partial charge in [0.15, 0.2) is 0 Å². The van der Waals surface area contributed by atoms with Crippen molar-refractivity contribution in [2.45, 2.75) is 12.8 Å². The molecule has 0 aromatic heterocycles. The van der Waals surface area contributed by atoms with Crippen molar-refractivity contribution in [3.63, 3.8) is 0 Å². The van der Waals surface area contributed by atoms with E-state index in [1.807, 2.05) is 18.2 Å². The highest BCUT2D eigenvalue weighted by Crippen LogP contribution is 2.04. The summed E-state index contributed by atoms with van der Waals surface area (Å²) in [7, 11) is 0. The van der Waals surface area contributed by atoms with E-state index in [-0.39, 0.29) is 11.8 Å². The van der Waals surface area contributed by atoms with Gasteiger partial charge in [0, 0.05) is 12.7 Å². The van der Waals surface area contributed by atoms with E-state index in [4.69, 9.17) is 0 Å². The summed E-state index contributed by atoms with van der Waals surface area (Å²) in [6.45, 7) is 0.616. The average Bonchev–Trinajstić information content (AvgIpc) is 2.54. The van der Waals surface area contributed by atoms with Crippen LogP contribution in [-0.2, 0) is 6.42 Å². The quantitative estimate of drug-likeness (QED) is 0.784. The Morgan fingerprint density at radius 2 is 1.77 bits per heavy atom. The molecule has 4 heteroatoms. The Morgan fingerprint density at radius 3 is 2.50 bits per heavy atom. The molecule has 2 amide bonds. The maximum Gasteiger partial charge on any atom is 0.318 e. The van der Waals surface area contributed by atoms with Crippen LogP contribution in [0.4, 0.5) is 9.18 Å². The number of amides is 2. The standard InChI is InChI=1S/C18H19FN2O/c19-17-10-8-16(9-11-17)12-14-21-18(22)20-13-4-7-15-5-2-1-3-6-15/h1-3,5-6,8-12,14H,4,7,13H2,(H2,20,21,22)/b14-12+. The van der Waals surface area contributed by atoms with Crippen molar-refractivity contribution < 1.29 is 9.18 Å². The third-order valence-corrected chi connectivity index (χ3v) is 3.13. The van der Waals surface area contributed by atoms with Crippen LogP contribution in [0.15, 0.2) is 60.8 Å². The normalized spacial score (nSPS) is 10.6. The molecule has 0 atom stereocenters. The Bertz CT molecular complexity index is 609. The summed E-state index contributed by atoms with van der Waals surface area (Å²) in [5.74, 6) is -0.277. The number of aryl methyl sites for hydroxylation is 1. The first kappa shape index (κ1) is 15.8. The van der Waals surface area contributed by atoms with Gasteiger partial charge in [-0.15, -0.1) is 0 Å². The highest BCUT2D eigenvalue weighted by Gasteiger charge is 1.97. The second kappa shape index (κ2) is 8.62. The Labute approximate surface area is 129 Å². The summed E-state index contributed by atoms with van der Waals surface area (Å²) >= 11 is 0. The highest BCUT2D eigenvalue weighted by molar-refractivity contribution is 5.75. The first-order valence-electron chi connectivity index (χ1n) is 7.24. The minimum absolute atomic E-state index is 0.244. The summed E-state index contributed by atoms with van der Waals surface area (Å²) in [5, 5.41) is 5.41. The van der Waals surface area contributed by atoms with Gasteiger partial charge in [0.1, 0.15) is 5.82 Å². The maximum absolute atomic E-state index is 12.7. The van der Waals surface area contributed by atoms with E-state index in [0.717, 1.165) is 18.4 Å². The van der Waals surface area contributed by atoms with Gasteiger partial charge in [0.25, 0.3) is 0 Å². The van der Waals surface area contributed by atoms with Crippen LogP contribution in [-0.4, -0.2) is 12.6 Å². The van der Waals surface area contributed by atoms with Gasteiger partial charge in [0.2, 0.25) is 0 Å². The Balaban J connectivity index is 1.62. The van der Waals surface area contributed by atoms with Gasteiger partial charge in [-0.05, 0) is 42.2 Å². The van der Waals surface area contributed by atoms with Crippen LogP contribution in [0.5, 0.6) is 0 Å². The van der Waals surface area contributed by atoms with E-state index >= 15 is 0 Å². The summed E-state index contributed by atoms with van der Waals surface area (Å²) in [6.07, 6.45) is 5.08. The van der Waals surface area contributed by atoms with E-state index < -0.39 is 0 Å². The highest BCUT2D eigenvalue weighted by atomic mass is 19.1. The number of carbonyl (C=O) groups excluding carboxylic acids is 1. The van der Waals surface area contributed by atoms with Crippen molar-refractivity contribution in [1.29, 1.82) is 0 Å². The van der Waals surface area contributed by atoms with Gasteiger partial charge >= 0.3 is 6.03 Å². The number of hydrogen-bond donors (Lipinski definition) is 2. The van der Waals surface area contributed by atoms with Crippen LogP contribution in [0.25, 0.3) is 6.08 Å². The molecule has 0 saturated carbocycles. The molecule has 2 rings (SSSR count). The zero-order valence-corrected chi connectivity index (χ0v) is 12.3.